The topological polar surface area (TPSA) is 108 Å². The maximum absolute atomic E-state index is 12.2. The SMILES string of the molecule is CCCCCCCCCCCCCCC/C=C/CC/C=C/C(O)C(COP(=O)([O-])OCC[N+](C)(C)C)NC(=O)CCC. The van der Waals surface area contributed by atoms with E-state index in [1.54, 1.807) is 6.08 Å². The summed E-state index contributed by atoms with van der Waals surface area (Å²) in [6.07, 6.45) is 28.1. The first-order valence-electron chi connectivity index (χ1n) is 16.7. The third kappa shape index (κ3) is 27.8. The number of allylic oxidation sites excluding steroid dienone is 3. The summed E-state index contributed by atoms with van der Waals surface area (Å²) in [6, 6.07) is -0.893. The first-order valence-corrected chi connectivity index (χ1v) is 18.2. The standard InChI is InChI=1S/C33H65N2O6P/c1-6-8-9-10-11-12-13-14-15-16-17-18-19-20-21-22-23-24-25-27-32(36)31(34-33(37)26-7-2)30-41-42(38,39)40-29-28-35(3,4)5/h21-22,25,27,31-32,36H,6-20,23-24,26,28-30H2,1-5H3,(H-,34,37,38,39)/b22-21+,27-25+. The van der Waals surface area contributed by atoms with Crippen molar-refractivity contribution in [3.05, 3.63) is 24.3 Å². The van der Waals surface area contributed by atoms with Gasteiger partial charge in [-0.1, -0.05) is 115 Å². The van der Waals surface area contributed by atoms with Gasteiger partial charge in [0.2, 0.25) is 5.91 Å². The molecule has 0 aliphatic rings. The molecule has 2 N–H and O–H groups in total. The zero-order chi connectivity index (χ0) is 31.5. The fourth-order valence-electron chi connectivity index (χ4n) is 4.44. The molecule has 0 aromatic carbocycles. The van der Waals surface area contributed by atoms with E-state index in [-0.39, 0.29) is 18.9 Å². The molecule has 0 aromatic rings. The van der Waals surface area contributed by atoms with E-state index in [1.807, 2.05) is 34.1 Å². The number of hydrogen-bond donors (Lipinski definition) is 2. The second-order valence-corrected chi connectivity index (χ2v) is 13.9. The summed E-state index contributed by atoms with van der Waals surface area (Å²) >= 11 is 0. The summed E-state index contributed by atoms with van der Waals surface area (Å²) in [5, 5.41) is 13.3. The van der Waals surface area contributed by atoms with Crippen LogP contribution in [0.1, 0.15) is 129 Å². The maximum Gasteiger partial charge on any atom is 0.268 e. The van der Waals surface area contributed by atoms with Crippen LogP contribution in [0.2, 0.25) is 0 Å². The number of nitrogens with one attached hydrogen (secondary N) is 1. The number of aliphatic hydroxyl groups is 1. The van der Waals surface area contributed by atoms with Crippen molar-refractivity contribution >= 4 is 13.7 Å². The number of rotatable bonds is 29. The number of quaternary nitrogens is 1. The molecule has 0 spiro atoms. The van der Waals surface area contributed by atoms with Crippen molar-refractivity contribution in [1.82, 2.24) is 5.32 Å². The summed E-state index contributed by atoms with van der Waals surface area (Å²) in [4.78, 5) is 24.3. The van der Waals surface area contributed by atoms with Gasteiger partial charge in [0.05, 0.1) is 39.9 Å². The van der Waals surface area contributed by atoms with E-state index < -0.39 is 26.6 Å². The number of phosphoric ester groups is 1. The molecule has 0 aliphatic carbocycles. The first-order chi connectivity index (χ1) is 20.0. The Labute approximate surface area is 258 Å². The highest BCUT2D eigenvalue weighted by molar-refractivity contribution is 7.45. The molecule has 0 aliphatic heterocycles. The molecule has 42 heavy (non-hydrogen) atoms. The summed E-state index contributed by atoms with van der Waals surface area (Å²) in [7, 11) is 1.23. The highest BCUT2D eigenvalue weighted by Crippen LogP contribution is 2.38. The van der Waals surface area contributed by atoms with Crippen molar-refractivity contribution in [2.24, 2.45) is 0 Å². The molecule has 0 heterocycles. The monoisotopic (exact) mass is 616 g/mol. The molecule has 9 heteroatoms. The van der Waals surface area contributed by atoms with Crippen LogP contribution in [0.15, 0.2) is 24.3 Å². The predicted octanol–water partition coefficient (Wildman–Crippen LogP) is 7.21. The Morgan fingerprint density at radius 2 is 1.33 bits per heavy atom. The van der Waals surface area contributed by atoms with Gasteiger partial charge in [-0.25, -0.2) is 0 Å². The molecule has 1 amide bonds. The van der Waals surface area contributed by atoms with Crippen LogP contribution < -0.4 is 10.2 Å². The Hall–Kier alpha value is -1.02. The van der Waals surface area contributed by atoms with Crippen LogP contribution in [0.4, 0.5) is 0 Å². The minimum atomic E-state index is -4.55. The van der Waals surface area contributed by atoms with Crippen molar-refractivity contribution in [3.63, 3.8) is 0 Å². The molecule has 0 rings (SSSR count). The molecular formula is C33H65N2O6P. The number of likely N-dealkylation sites (N-methyl/N-ethyl adjacent to an activating group) is 1. The van der Waals surface area contributed by atoms with Gasteiger partial charge in [0, 0.05) is 6.42 Å². The molecule has 3 atom stereocenters. The smallest absolute Gasteiger partial charge is 0.268 e. The van der Waals surface area contributed by atoms with Gasteiger partial charge in [0.25, 0.3) is 7.82 Å². The van der Waals surface area contributed by atoms with Crippen LogP contribution in [0, 0.1) is 0 Å². The van der Waals surface area contributed by atoms with E-state index in [4.69, 9.17) is 9.05 Å². The second-order valence-electron chi connectivity index (χ2n) is 12.5. The fourth-order valence-corrected chi connectivity index (χ4v) is 5.17. The lowest BCUT2D eigenvalue weighted by atomic mass is 10.0. The number of hydrogen-bond acceptors (Lipinski definition) is 6. The Bertz CT molecular complexity index is 753. The van der Waals surface area contributed by atoms with Crippen molar-refractivity contribution < 1.29 is 32.9 Å². The Balaban J connectivity index is 4.17. The zero-order valence-corrected chi connectivity index (χ0v) is 28.6. The summed E-state index contributed by atoms with van der Waals surface area (Å²) in [5.41, 5.74) is 0. The lowest BCUT2D eigenvalue weighted by Gasteiger charge is -2.29. The third-order valence-corrected chi connectivity index (χ3v) is 8.10. The van der Waals surface area contributed by atoms with Gasteiger partial charge in [-0.15, -0.1) is 0 Å². The van der Waals surface area contributed by atoms with E-state index in [1.165, 1.54) is 83.5 Å². The van der Waals surface area contributed by atoms with Crippen molar-refractivity contribution in [2.75, 3.05) is 40.9 Å². The summed E-state index contributed by atoms with van der Waals surface area (Å²) in [6.45, 7) is 4.23. The van der Waals surface area contributed by atoms with Crippen LogP contribution in [0.5, 0.6) is 0 Å². The number of aliphatic hydroxyl groups excluding tert-OH is 1. The average molecular weight is 617 g/mol. The van der Waals surface area contributed by atoms with E-state index in [0.29, 0.717) is 17.4 Å². The minimum Gasteiger partial charge on any atom is -0.756 e. The van der Waals surface area contributed by atoms with Gasteiger partial charge < -0.3 is 28.8 Å². The maximum atomic E-state index is 12.2. The largest absolute Gasteiger partial charge is 0.756 e. The van der Waals surface area contributed by atoms with Gasteiger partial charge in [-0.3, -0.25) is 9.36 Å². The molecule has 248 valence electrons. The van der Waals surface area contributed by atoms with Gasteiger partial charge in [-0.05, 0) is 32.1 Å². The quantitative estimate of drug-likeness (QED) is 0.0398. The van der Waals surface area contributed by atoms with Crippen molar-refractivity contribution in [1.29, 1.82) is 0 Å². The lowest BCUT2D eigenvalue weighted by Crippen LogP contribution is -2.45. The third-order valence-electron chi connectivity index (χ3n) is 7.13. The highest BCUT2D eigenvalue weighted by atomic mass is 31.2. The van der Waals surface area contributed by atoms with Crippen LogP contribution in [0.25, 0.3) is 0 Å². The Morgan fingerprint density at radius 3 is 1.88 bits per heavy atom. The number of phosphoric acid groups is 1. The number of nitrogens with zero attached hydrogens (tertiary/aromatic N) is 1. The molecular weight excluding hydrogens is 551 g/mol. The first kappa shape index (κ1) is 41.0. The number of carbonyl (C=O) groups excluding carboxylic acids is 1. The molecule has 3 unspecified atom stereocenters. The molecule has 0 saturated heterocycles. The van der Waals surface area contributed by atoms with E-state index in [9.17, 15) is 19.4 Å². The van der Waals surface area contributed by atoms with E-state index in [2.05, 4.69) is 24.4 Å². The summed E-state index contributed by atoms with van der Waals surface area (Å²) < 4.78 is 22.6. The van der Waals surface area contributed by atoms with Crippen molar-refractivity contribution in [3.8, 4) is 0 Å². The van der Waals surface area contributed by atoms with Gasteiger partial charge in [0.1, 0.15) is 13.2 Å². The molecule has 0 aromatic heterocycles. The number of carbonyl (C=O) groups is 1. The van der Waals surface area contributed by atoms with Crippen LogP contribution in [-0.4, -0.2) is 68.5 Å². The Morgan fingerprint density at radius 1 is 0.810 bits per heavy atom. The van der Waals surface area contributed by atoms with Crippen LogP contribution >= 0.6 is 7.82 Å². The number of unbranched alkanes of at least 4 members (excludes halogenated alkanes) is 14. The molecule has 0 radical (unpaired) electrons. The lowest BCUT2D eigenvalue weighted by molar-refractivity contribution is -0.870. The zero-order valence-electron chi connectivity index (χ0n) is 27.7. The van der Waals surface area contributed by atoms with Crippen LogP contribution in [-0.2, 0) is 18.4 Å². The predicted molar refractivity (Wildman–Crippen MR) is 173 cm³/mol. The number of amides is 1. The average Bonchev–Trinajstić information content (AvgIpc) is 2.91. The van der Waals surface area contributed by atoms with Crippen molar-refractivity contribution in [2.45, 2.75) is 142 Å². The van der Waals surface area contributed by atoms with Crippen LogP contribution in [0.3, 0.4) is 0 Å². The highest BCUT2D eigenvalue weighted by Gasteiger charge is 2.22. The van der Waals surface area contributed by atoms with Gasteiger partial charge >= 0.3 is 0 Å². The summed E-state index contributed by atoms with van der Waals surface area (Å²) in [5.74, 6) is -0.263. The molecule has 0 saturated carbocycles. The second kappa shape index (κ2) is 26.4. The van der Waals surface area contributed by atoms with Gasteiger partial charge in [-0.2, -0.15) is 0 Å². The van der Waals surface area contributed by atoms with Gasteiger partial charge in [0.15, 0.2) is 0 Å². The van der Waals surface area contributed by atoms with E-state index >= 15 is 0 Å². The minimum absolute atomic E-state index is 0.00747. The molecule has 0 fully saturated rings. The fraction of sp³-hybridized carbons (Fsp3) is 0.848. The normalized spacial score (nSPS) is 15.3. The molecule has 0 bridgehead atoms. The molecule has 8 nitrogen and oxygen atoms in total. The van der Waals surface area contributed by atoms with E-state index in [0.717, 1.165) is 19.3 Å². The Kier molecular flexibility index (Phi) is 25.7.